The summed E-state index contributed by atoms with van der Waals surface area (Å²) in [5.41, 5.74) is 0. The number of amidine groups is 1. The lowest BCUT2D eigenvalue weighted by atomic mass is 10.2. The van der Waals surface area contributed by atoms with E-state index in [9.17, 15) is 0 Å². The summed E-state index contributed by atoms with van der Waals surface area (Å²) in [6.45, 7) is 11.7. The SMILES string of the molecule is CC1(C)CN(C[C@H]2CCCO2)C(=N)S1.CC1(C)CS1. The molecular formula is C14H26N2OS2. The first kappa shape index (κ1) is 15.5. The van der Waals surface area contributed by atoms with E-state index in [2.05, 4.69) is 32.6 Å². The number of hydrogen-bond acceptors (Lipinski definition) is 4. The van der Waals surface area contributed by atoms with Gasteiger partial charge in [-0.1, -0.05) is 11.8 Å². The van der Waals surface area contributed by atoms with E-state index in [1.807, 2.05) is 11.8 Å². The van der Waals surface area contributed by atoms with Crippen LogP contribution in [0.1, 0.15) is 40.5 Å². The van der Waals surface area contributed by atoms with Crippen LogP contribution in [0.3, 0.4) is 0 Å². The summed E-state index contributed by atoms with van der Waals surface area (Å²) in [5, 5.41) is 8.57. The van der Waals surface area contributed by atoms with Crippen molar-refractivity contribution in [3.8, 4) is 0 Å². The van der Waals surface area contributed by atoms with E-state index < -0.39 is 0 Å². The summed E-state index contributed by atoms with van der Waals surface area (Å²) in [4.78, 5) is 2.15. The van der Waals surface area contributed by atoms with Gasteiger partial charge in [0.15, 0.2) is 5.17 Å². The Bertz CT molecular complexity index is 332. The minimum atomic E-state index is 0.204. The lowest BCUT2D eigenvalue weighted by Crippen LogP contribution is -2.35. The van der Waals surface area contributed by atoms with E-state index in [0.717, 1.165) is 26.1 Å². The second kappa shape index (κ2) is 5.86. The number of nitrogens with zero attached hydrogens (tertiary/aromatic N) is 1. The smallest absolute Gasteiger partial charge is 0.157 e. The Balaban J connectivity index is 0.000000224. The first-order valence-electron chi connectivity index (χ1n) is 7.06. The van der Waals surface area contributed by atoms with Crippen molar-refractivity contribution in [2.45, 2.75) is 56.1 Å². The molecule has 0 aliphatic carbocycles. The third-order valence-corrected chi connectivity index (χ3v) is 5.98. The van der Waals surface area contributed by atoms with Crippen LogP contribution in [0.2, 0.25) is 0 Å². The highest BCUT2D eigenvalue weighted by atomic mass is 32.2. The predicted molar refractivity (Wildman–Crippen MR) is 86.5 cm³/mol. The van der Waals surface area contributed by atoms with Crippen LogP contribution in [0.15, 0.2) is 0 Å². The highest BCUT2D eigenvalue weighted by molar-refractivity contribution is 8.15. The zero-order valence-electron chi connectivity index (χ0n) is 12.5. The Morgan fingerprint density at radius 3 is 2.32 bits per heavy atom. The number of thioether (sulfide) groups is 2. The first-order chi connectivity index (χ1) is 8.77. The van der Waals surface area contributed by atoms with Gasteiger partial charge in [0.1, 0.15) is 0 Å². The van der Waals surface area contributed by atoms with E-state index >= 15 is 0 Å². The fourth-order valence-corrected chi connectivity index (χ4v) is 3.52. The Hall–Kier alpha value is 0.130. The van der Waals surface area contributed by atoms with Crippen molar-refractivity contribution in [2.24, 2.45) is 0 Å². The summed E-state index contributed by atoms with van der Waals surface area (Å²) >= 11 is 3.69. The molecule has 1 N–H and O–H groups in total. The van der Waals surface area contributed by atoms with Gasteiger partial charge in [-0.15, -0.1) is 0 Å². The van der Waals surface area contributed by atoms with Gasteiger partial charge in [-0.2, -0.15) is 11.8 Å². The lowest BCUT2D eigenvalue weighted by Gasteiger charge is -2.22. The van der Waals surface area contributed by atoms with Crippen LogP contribution < -0.4 is 0 Å². The Kier molecular flexibility index (Phi) is 4.79. The zero-order chi connectivity index (χ0) is 14.1. The van der Waals surface area contributed by atoms with E-state index in [4.69, 9.17) is 10.1 Å². The standard InChI is InChI=1S/C10H18N2OS.C4H8S/c1-10(2)7-12(9(11)14-10)6-8-4-3-5-13-8;1-4(2)3-5-4/h8,11H,3-7H2,1-2H3;3H2,1-2H3/t8-;/m1./s1. The average molecular weight is 303 g/mol. The molecule has 3 saturated heterocycles. The van der Waals surface area contributed by atoms with Crippen molar-refractivity contribution in [3.05, 3.63) is 0 Å². The monoisotopic (exact) mass is 302 g/mol. The van der Waals surface area contributed by atoms with Crippen LogP contribution in [0.4, 0.5) is 0 Å². The van der Waals surface area contributed by atoms with E-state index in [-0.39, 0.29) is 4.75 Å². The highest BCUT2D eigenvalue weighted by Gasteiger charge is 2.35. The maximum absolute atomic E-state index is 7.86. The summed E-state index contributed by atoms with van der Waals surface area (Å²) in [7, 11) is 0. The highest BCUT2D eigenvalue weighted by Crippen LogP contribution is 2.42. The summed E-state index contributed by atoms with van der Waals surface area (Å²) in [5.74, 6) is 1.37. The Labute approximate surface area is 125 Å². The van der Waals surface area contributed by atoms with Crippen molar-refractivity contribution in [3.63, 3.8) is 0 Å². The van der Waals surface area contributed by atoms with Crippen LogP contribution in [0.25, 0.3) is 0 Å². The van der Waals surface area contributed by atoms with E-state index in [1.54, 1.807) is 11.8 Å². The van der Waals surface area contributed by atoms with Crippen LogP contribution in [-0.4, -0.2) is 51.1 Å². The molecular weight excluding hydrogens is 276 g/mol. The van der Waals surface area contributed by atoms with Crippen LogP contribution in [0, 0.1) is 5.41 Å². The normalized spacial score (nSPS) is 31.1. The van der Waals surface area contributed by atoms with Gasteiger partial charge in [-0.25, -0.2) is 0 Å². The predicted octanol–water partition coefficient (Wildman–Crippen LogP) is 3.44. The minimum absolute atomic E-state index is 0.204. The molecule has 0 bridgehead atoms. The molecule has 0 spiro atoms. The van der Waals surface area contributed by atoms with Gasteiger partial charge in [-0.3, -0.25) is 5.41 Å². The number of ether oxygens (including phenoxy) is 1. The zero-order valence-corrected chi connectivity index (χ0v) is 14.1. The van der Waals surface area contributed by atoms with Crippen LogP contribution >= 0.6 is 23.5 Å². The van der Waals surface area contributed by atoms with Crippen LogP contribution in [-0.2, 0) is 4.74 Å². The second-order valence-electron chi connectivity index (χ2n) is 6.73. The molecule has 0 unspecified atom stereocenters. The third kappa shape index (κ3) is 5.20. The fraction of sp³-hybridized carbons (Fsp3) is 0.929. The molecule has 1 atom stereocenters. The molecule has 0 aromatic rings. The molecule has 3 nitrogen and oxygen atoms in total. The molecule has 0 aromatic carbocycles. The van der Waals surface area contributed by atoms with Crippen molar-refractivity contribution >= 4 is 28.7 Å². The van der Waals surface area contributed by atoms with Gasteiger partial charge < -0.3 is 9.64 Å². The van der Waals surface area contributed by atoms with Crippen molar-refractivity contribution in [1.29, 1.82) is 5.41 Å². The van der Waals surface area contributed by atoms with Gasteiger partial charge in [0.25, 0.3) is 0 Å². The second-order valence-corrected chi connectivity index (χ2v) is 10.1. The molecule has 3 fully saturated rings. The summed E-state index contributed by atoms with van der Waals surface area (Å²) in [6, 6.07) is 0. The number of rotatable bonds is 2. The van der Waals surface area contributed by atoms with Gasteiger partial charge in [0, 0.05) is 34.9 Å². The van der Waals surface area contributed by atoms with Crippen molar-refractivity contribution in [2.75, 3.05) is 25.4 Å². The molecule has 0 saturated carbocycles. The summed E-state index contributed by atoms with van der Waals surface area (Å²) < 4.78 is 6.45. The summed E-state index contributed by atoms with van der Waals surface area (Å²) in [6.07, 6.45) is 2.71. The van der Waals surface area contributed by atoms with E-state index in [1.165, 1.54) is 12.2 Å². The maximum atomic E-state index is 7.86. The quantitative estimate of drug-likeness (QED) is 0.793. The topological polar surface area (TPSA) is 36.3 Å². The van der Waals surface area contributed by atoms with E-state index in [0.29, 0.717) is 16.0 Å². The number of nitrogens with one attached hydrogen (secondary N) is 1. The third-order valence-electron chi connectivity index (χ3n) is 3.40. The molecule has 19 heavy (non-hydrogen) atoms. The molecule has 3 aliphatic rings. The molecule has 110 valence electrons. The van der Waals surface area contributed by atoms with Crippen molar-refractivity contribution < 1.29 is 4.74 Å². The molecule has 0 radical (unpaired) electrons. The maximum Gasteiger partial charge on any atom is 0.157 e. The van der Waals surface area contributed by atoms with Gasteiger partial charge in [0.2, 0.25) is 0 Å². The fourth-order valence-electron chi connectivity index (χ4n) is 2.22. The first-order valence-corrected chi connectivity index (χ1v) is 8.86. The van der Waals surface area contributed by atoms with Gasteiger partial charge >= 0.3 is 0 Å². The Morgan fingerprint density at radius 1 is 1.32 bits per heavy atom. The van der Waals surface area contributed by atoms with Crippen molar-refractivity contribution in [1.82, 2.24) is 4.90 Å². The largest absolute Gasteiger partial charge is 0.376 e. The lowest BCUT2D eigenvalue weighted by molar-refractivity contribution is 0.0916. The molecule has 0 amide bonds. The molecule has 3 rings (SSSR count). The Morgan fingerprint density at radius 2 is 1.95 bits per heavy atom. The van der Waals surface area contributed by atoms with Gasteiger partial charge in [-0.05, 0) is 40.5 Å². The number of hydrogen-bond donors (Lipinski definition) is 1. The average Bonchev–Trinajstić information content (AvgIpc) is 2.73. The minimum Gasteiger partial charge on any atom is -0.376 e. The van der Waals surface area contributed by atoms with Gasteiger partial charge in [0.05, 0.1) is 6.10 Å². The molecule has 3 aliphatic heterocycles. The molecule has 0 aromatic heterocycles. The molecule has 5 heteroatoms. The van der Waals surface area contributed by atoms with Crippen LogP contribution in [0.5, 0.6) is 0 Å². The molecule has 3 heterocycles.